The number of benzene rings is 1. The average Bonchev–Trinajstić information content (AvgIpc) is 2.31. The van der Waals surface area contributed by atoms with E-state index in [0.717, 1.165) is 36.2 Å². The lowest BCUT2D eigenvalue weighted by Gasteiger charge is -2.17. The van der Waals surface area contributed by atoms with Gasteiger partial charge in [0.25, 0.3) is 0 Å². The first-order chi connectivity index (χ1) is 8.93. The SMILES string of the molecule is CCCCN(C)CC(=O)Nc1c(C)cc(C)cc1Cl. The maximum atomic E-state index is 12.0. The van der Waals surface area contributed by atoms with Crippen LogP contribution in [0.5, 0.6) is 0 Å². The molecular weight excluding hydrogens is 260 g/mol. The largest absolute Gasteiger partial charge is 0.323 e. The number of aryl methyl sites for hydroxylation is 2. The first-order valence-electron chi connectivity index (χ1n) is 6.69. The average molecular weight is 283 g/mol. The smallest absolute Gasteiger partial charge is 0.238 e. The molecule has 19 heavy (non-hydrogen) atoms. The van der Waals surface area contributed by atoms with E-state index in [0.29, 0.717) is 11.6 Å². The van der Waals surface area contributed by atoms with Crippen LogP contribution in [0.4, 0.5) is 5.69 Å². The molecule has 1 rings (SSSR count). The number of carbonyl (C=O) groups is 1. The Morgan fingerprint density at radius 3 is 2.63 bits per heavy atom. The van der Waals surface area contributed by atoms with Crippen LogP contribution in [0.3, 0.4) is 0 Å². The number of hydrogen-bond donors (Lipinski definition) is 1. The molecule has 0 unspecified atom stereocenters. The Kier molecular flexibility index (Phi) is 6.32. The third kappa shape index (κ3) is 5.21. The van der Waals surface area contributed by atoms with Gasteiger partial charge in [0.2, 0.25) is 5.91 Å². The molecule has 0 atom stereocenters. The summed E-state index contributed by atoms with van der Waals surface area (Å²) in [4.78, 5) is 14.0. The number of rotatable bonds is 6. The molecule has 0 fully saturated rings. The molecule has 0 aliphatic heterocycles. The summed E-state index contributed by atoms with van der Waals surface area (Å²) in [5.41, 5.74) is 2.82. The molecule has 0 saturated heterocycles. The molecule has 0 aliphatic rings. The Hall–Kier alpha value is -1.06. The number of carbonyl (C=O) groups excluding carboxylic acids is 1. The van der Waals surface area contributed by atoms with Gasteiger partial charge in [-0.25, -0.2) is 0 Å². The fourth-order valence-electron chi connectivity index (χ4n) is 2.01. The number of amides is 1. The summed E-state index contributed by atoms with van der Waals surface area (Å²) in [5, 5.41) is 3.50. The lowest BCUT2D eigenvalue weighted by atomic mass is 10.1. The van der Waals surface area contributed by atoms with E-state index < -0.39 is 0 Å². The standard InChI is InChI=1S/C15H23ClN2O/c1-5-6-7-18(4)10-14(19)17-15-12(3)8-11(2)9-13(15)16/h8-9H,5-7,10H2,1-4H3,(H,17,19). The van der Waals surface area contributed by atoms with Gasteiger partial charge in [0.15, 0.2) is 0 Å². The zero-order valence-corrected chi connectivity index (χ0v) is 13.0. The molecular formula is C15H23ClN2O. The second-order valence-electron chi connectivity index (χ2n) is 5.08. The molecule has 0 heterocycles. The minimum absolute atomic E-state index is 0.0209. The van der Waals surface area contributed by atoms with E-state index in [2.05, 4.69) is 12.2 Å². The fraction of sp³-hybridized carbons (Fsp3) is 0.533. The highest BCUT2D eigenvalue weighted by Crippen LogP contribution is 2.27. The van der Waals surface area contributed by atoms with Crippen LogP contribution in [-0.2, 0) is 4.79 Å². The monoisotopic (exact) mass is 282 g/mol. The van der Waals surface area contributed by atoms with Gasteiger partial charge in [0.1, 0.15) is 0 Å². The third-order valence-corrected chi connectivity index (χ3v) is 3.30. The Balaban J connectivity index is 2.62. The fourth-order valence-corrected chi connectivity index (χ4v) is 2.37. The Morgan fingerprint density at radius 1 is 1.37 bits per heavy atom. The molecule has 3 nitrogen and oxygen atoms in total. The molecule has 0 radical (unpaired) electrons. The van der Waals surface area contributed by atoms with Crippen LogP contribution in [-0.4, -0.2) is 30.9 Å². The lowest BCUT2D eigenvalue weighted by Crippen LogP contribution is -2.31. The van der Waals surface area contributed by atoms with Crippen molar-refractivity contribution < 1.29 is 4.79 Å². The first kappa shape index (κ1) is 16.0. The summed E-state index contributed by atoms with van der Waals surface area (Å²) in [7, 11) is 1.96. The summed E-state index contributed by atoms with van der Waals surface area (Å²) in [5.74, 6) is -0.0209. The predicted molar refractivity (Wildman–Crippen MR) is 82.0 cm³/mol. The van der Waals surface area contributed by atoms with Crippen LogP contribution in [0.1, 0.15) is 30.9 Å². The summed E-state index contributed by atoms with van der Waals surface area (Å²) in [6, 6.07) is 3.88. The normalized spacial score (nSPS) is 10.8. The Bertz CT molecular complexity index is 423. The molecule has 4 heteroatoms. The summed E-state index contributed by atoms with van der Waals surface area (Å²) >= 11 is 6.17. The van der Waals surface area contributed by atoms with Crippen molar-refractivity contribution in [1.82, 2.24) is 4.90 Å². The molecule has 1 amide bonds. The zero-order chi connectivity index (χ0) is 14.4. The molecule has 0 bridgehead atoms. The van der Waals surface area contributed by atoms with Gasteiger partial charge in [-0.15, -0.1) is 0 Å². The minimum Gasteiger partial charge on any atom is -0.323 e. The topological polar surface area (TPSA) is 32.3 Å². The van der Waals surface area contributed by atoms with E-state index in [1.54, 1.807) is 0 Å². The highest BCUT2D eigenvalue weighted by molar-refractivity contribution is 6.34. The van der Waals surface area contributed by atoms with Crippen molar-refractivity contribution in [1.29, 1.82) is 0 Å². The predicted octanol–water partition coefficient (Wildman–Crippen LogP) is 3.63. The summed E-state index contributed by atoms with van der Waals surface area (Å²) in [6.45, 7) is 7.41. The van der Waals surface area contributed by atoms with E-state index in [4.69, 9.17) is 11.6 Å². The minimum atomic E-state index is -0.0209. The van der Waals surface area contributed by atoms with Crippen molar-refractivity contribution in [2.75, 3.05) is 25.5 Å². The number of halogens is 1. The van der Waals surface area contributed by atoms with E-state index >= 15 is 0 Å². The van der Waals surface area contributed by atoms with Gasteiger partial charge >= 0.3 is 0 Å². The molecule has 106 valence electrons. The molecule has 0 saturated carbocycles. The van der Waals surface area contributed by atoms with Gasteiger partial charge in [-0.1, -0.05) is 31.0 Å². The van der Waals surface area contributed by atoms with E-state index in [1.165, 1.54) is 0 Å². The quantitative estimate of drug-likeness (QED) is 0.864. The van der Waals surface area contributed by atoms with Crippen molar-refractivity contribution in [2.45, 2.75) is 33.6 Å². The van der Waals surface area contributed by atoms with Gasteiger partial charge in [-0.05, 0) is 51.1 Å². The van der Waals surface area contributed by atoms with Gasteiger partial charge in [-0.2, -0.15) is 0 Å². The molecule has 1 aromatic rings. The summed E-state index contributed by atoms with van der Waals surface area (Å²) < 4.78 is 0. The number of unbranched alkanes of at least 4 members (excludes halogenated alkanes) is 1. The molecule has 1 aromatic carbocycles. The molecule has 0 aliphatic carbocycles. The van der Waals surface area contributed by atoms with Gasteiger partial charge in [-0.3, -0.25) is 9.69 Å². The molecule has 0 aromatic heterocycles. The van der Waals surface area contributed by atoms with Crippen LogP contribution in [0.25, 0.3) is 0 Å². The lowest BCUT2D eigenvalue weighted by molar-refractivity contribution is -0.117. The maximum Gasteiger partial charge on any atom is 0.238 e. The zero-order valence-electron chi connectivity index (χ0n) is 12.2. The van der Waals surface area contributed by atoms with Gasteiger partial charge < -0.3 is 5.32 Å². The number of anilines is 1. The van der Waals surface area contributed by atoms with Crippen LogP contribution in [0, 0.1) is 13.8 Å². The highest BCUT2D eigenvalue weighted by atomic mass is 35.5. The maximum absolute atomic E-state index is 12.0. The van der Waals surface area contributed by atoms with E-state index in [1.807, 2.05) is 37.9 Å². The van der Waals surface area contributed by atoms with Crippen molar-refractivity contribution in [3.8, 4) is 0 Å². The van der Waals surface area contributed by atoms with Gasteiger partial charge in [0.05, 0.1) is 17.3 Å². The van der Waals surface area contributed by atoms with Crippen molar-refractivity contribution in [2.24, 2.45) is 0 Å². The second-order valence-corrected chi connectivity index (χ2v) is 5.49. The van der Waals surface area contributed by atoms with Crippen molar-refractivity contribution in [3.05, 3.63) is 28.3 Å². The Morgan fingerprint density at radius 2 is 2.05 bits per heavy atom. The number of hydrogen-bond acceptors (Lipinski definition) is 2. The van der Waals surface area contributed by atoms with Crippen LogP contribution in [0.2, 0.25) is 5.02 Å². The van der Waals surface area contributed by atoms with Crippen molar-refractivity contribution in [3.63, 3.8) is 0 Å². The highest BCUT2D eigenvalue weighted by Gasteiger charge is 2.11. The van der Waals surface area contributed by atoms with Gasteiger partial charge in [0, 0.05) is 0 Å². The molecule has 0 spiro atoms. The van der Waals surface area contributed by atoms with Crippen LogP contribution < -0.4 is 5.32 Å². The number of nitrogens with one attached hydrogen (secondary N) is 1. The van der Waals surface area contributed by atoms with E-state index in [-0.39, 0.29) is 5.91 Å². The van der Waals surface area contributed by atoms with Crippen LogP contribution in [0.15, 0.2) is 12.1 Å². The third-order valence-electron chi connectivity index (χ3n) is 3.00. The van der Waals surface area contributed by atoms with Crippen molar-refractivity contribution >= 4 is 23.2 Å². The molecule has 1 N–H and O–H groups in total. The first-order valence-corrected chi connectivity index (χ1v) is 7.07. The van der Waals surface area contributed by atoms with Crippen LogP contribution >= 0.6 is 11.6 Å². The number of likely N-dealkylation sites (N-methyl/N-ethyl adjacent to an activating group) is 1. The summed E-state index contributed by atoms with van der Waals surface area (Å²) in [6.07, 6.45) is 2.24. The number of nitrogens with zero attached hydrogens (tertiary/aromatic N) is 1. The van der Waals surface area contributed by atoms with E-state index in [9.17, 15) is 4.79 Å². The Labute approximate surface area is 120 Å². The second kappa shape index (κ2) is 7.51.